The third kappa shape index (κ3) is 9.08. The zero-order chi connectivity index (χ0) is 36.9. The van der Waals surface area contributed by atoms with Crippen LogP contribution < -0.4 is 20.4 Å². The quantitative estimate of drug-likeness (QED) is 0.142. The molecule has 0 bridgehead atoms. The Balaban J connectivity index is 1.43. The summed E-state index contributed by atoms with van der Waals surface area (Å²) in [5.74, 6) is -1.59. The van der Waals surface area contributed by atoms with Crippen molar-refractivity contribution < 1.29 is 28.7 Å². The van der Waals surface area contributed by atoms with Gasteiger partial charge in [-0.25, -0.2) is 9.59 Å². The summed E-state index contributed by atoms with van der Waals surface area (Å²) in [5.41, 5.74) is 4.69. The van der Waals surface area contributed by atoms with Gasteiger partial charge in [0.05, 0.1) is 30.0 Å². The summed E-state index contributed by atoms with van der Waals surface area (Å²) in [4.78, 5) is 71.4. The van der Waals surface area contributed by atoms with E-state index in [1.54, 1.807) is 43.3 Å². The lowest BCUT2D eigenvalue weighted by atomic mass is 9.91. The lowest BCUT2D eigenvalue weighted by Gasteiger charge is -2.28. The summed E-state index contributed by atoms with van der Waals surface area (Å²) in [6.07, 6.45) is 0.183. The first kappa shape index (κ1) is 36.5. The number of nitrogens with one attached hydrogen (secondary N) is 2. The minimum Gasteiger partial charge on any atom is -0.457 e. The van der Waals surface area contributed by atoms with Crippen molar-refractivity contribution in [3.05, 3.63) is 124 Å². The monoisotopic (exact) mass is 688 g/mol. The molecule has 4 aromatic rings. The molecule has 0 spiro atoms. The van der Waals surface area contributed by atoms with Crippen molar-refractivity contribution >= 4 is 46.7 Å². The maximum absolute atomic E-state index is 14.4. The number of rotatable bonds is 9. The Morgan fingerprint density at radius 3 is 2.20 bits per heavy atom. The van der Waals surface area contributed by atoms with Crippen LogP contribution in [0.1, 0.15) is 70.2 Å². The Morgan fingerprint density at radius 2 is 1.49 bits per heavy atom. The molecule has 5 rings (SSSR count). The normalized spacial score (nSPS) is 14.3. The number of urea groups is 1. The van der Waals surface area contributed by atoms with Crippen LogP contribution in [0.3, 0.4) is 0 Å². The van der Waals surface area contributed by atoms with Crippen LogP contribution in [-0.4, -0.2) is 48.7 Å². The highest BCUT2D eigenvalue weighted by molar-refractivity contribution is 6.13. The Kier molecular flexibility index (Phi) is 11.0. The molecule has 0 saturated heterocycles. The summed E-state index contributed by atoms with van der Waals surface area (Å²) >= 11 is 0. The zero-order valence-corrected chi connectivity index (χ0v) is 29.9. The van der Waals surface area contributed by atoms with Gasteiger partial charge in [0.2, 0.25) is 5.91 Å². The van der Waals surface area contributed by atoms with Gasteiger partial charge in [0.15, 0.2) is 5.78 Å². The molecule has 1 atom stereocenters. The molecule has 4 amide bonds. The molecule has 0 aliphatic carbocycles. The minimum absolute atomic E-state index is 0.0935. The third-order valence-corrected chi connectivity index (χ3v) is 8.61. The number of nitrogens with zero attached hydrogens (tertiary/aromatic N) is 2. The van der Waals surface area contributed by atoms with Crippen LogP contribution in [0.25, 0.3) is 0 Å². The second-order valence-corrected chi connectivity index (χ2v) is 14.1. The van der Waals surface area contributed by atoms with E-state index >= 15 is 0 Å². The van der Waals surface area contributed by atoms with E-state index < -0.39 is 23.9 Å². The molecule has 4 aromatic carbocycles. The molecular weight excluding hydrogens is 644 g/mol. The molecule has 0 saturated carbocycles. The van der Waals surface area contributed by atoms with Gasteiger partial charge in [-0.1, -0.05) is 87.5 Å². The van der Waals surface area contributed by atoms with Crippen molar-refractivity contribution in [3.8, 4) is 0 Å². The van der Waals surface area contributed by atoms with Gasteiger partial charge in [0, 0.05) is 17.7 Å². The summed E-state index contributed by atoms with van der Waals surface area (Å²) in [7, 11) is 0. The number of carbonyl (C=O) groups is 5. The Hall–Kier alpha value is -5.77. The Bertz CT molecular complexity index is 1970. The van der Waals surface area contributed by atoms with E-state index in [4.69, 9.17) is 4.74 Å². The number of ether oxygens (including phenoxy) is 1. The first-order chi connectivity index (χ1) is 24.2. The maximum atomic E-state index is 14.4. The molecule has 1 unspecified atom stereocenters. The Labute approximate surface area is 298 Å². The first-order valence-electron chi connectivity index (χ1n) is 16.9. The van der Waals surface area contributed by atoms with E-state index in [0.29, 0.717) is 28.2 Å². The van der Waals surface area contributed by atoms with Crippen LogP contribution in [0.15, 0.2) is 91.0 Å². The number of anilines is 3. The second-order valence-electron chi connectivity index (χ2n) is 14.1. The highest BCUT2D eigenvalue weighted by Crippen LogP contribution is 2.36. The standard InChI is InChI=1S/C41H44N4O6/c1-26-16-19-34-35(20-26)45(24-36(46)31-15-11-10-12-27(31)2)38(48)33(23-44(34)37(47)22-41(4,5)6)43-40(50)42-30-18-17-28(3)32(21-30)39(49)51-25-29-13-8-7-9-14-29/h7-21,33H,22-25H2,1-6H3,(H2,42,43,50). The average molecular weight is 689 g/mol. The molecule has 10 nitrogen and oxygen atoms in total. The first-order valence-corrected chi connectivity index (χ1v) is 16.9. The van der Waals surface area contributed by atoms with E-state index in [1.165, 1.54) is 15.9 Å². The number of benzene rings is 4. The topological polar surface area (TPSA) is 125 Å². The van der Waals surface area contributed by atoms with Crippen LogP contribution in [-0.2, 0) is 20.9 Å². The second kappa shape index (κ2) is 15.4. The Morgan fingerprint density at radius 1 is 0.804 bits per heavy atom. The molecule has 2 N–H and O–H groups in total. The van der Waals surface area contributed by atoms with Crippen LogP contribution in [0.5, 0.6) is 0 Å². The number of amides is 4. The van der Waals surface area contributed by atoms with Gasteiger partial charge in [-0.05, 0) is 72.7 Å². The van der Waals surface area contributed by atoms with Crippen LogP contribution >= 0.6 is 0 Å². The molecule has 10 heteroatoms. The number of fused-ring (bicyclic) bond motifs is 1. The van der Waals surface area contributed by atoms with Gasteiger partial charge in [-0.3, -0.25) is 14.4 Å². The fourth-order valence-corrected chi connectivity index (χ4v) is 5.96. The lowest BCUT2D eigenvalue weighted by molar-refractivity contribution is -0.121. The predicted octanol–water partition coefficient (Wildman–Crippen LogP) is 7.16. The van der Waals surface area contributed by atoms with E-state index in [2.05, 4.69) is 10.6 Å². The molecule has 0 aromatic heterocycles. The third-order valence-electron chi connectivity index (χ3n) is 8.61. The number of hydrogen-bond donors (Lipinski definition) is 2. The molecular formula is C41H44N4O6. The average Bonchev–Trinajstić information content (AvgIpc) is 3.18. The molecule has 51 heavy (non-hydrogen) atoms. The molecule has 1 aliphatic heterocycles. The smallest absolute Gasteiger partial charge is 0.338 e. The highest BCUT2D eigenvalue weighted by Gasteiger charge is 2.38. The van der Waals surface area contributed by atoms with Crippen molar-refractivity contribution in [2.45, 2.75) is 60.6 Å². The predicted molar refractivity (Wildman–Crippen MR) is 198 cm³/mol. The summed E-state index contributed by atoms with van der Waals surface area (Å²) < 4.78 is 5.51. The molecule has 1 heterocycles. The van der Waals surface area contributed by atoms with Gasteiger partial charge in [0.25, 0.3) is 5.91 Å². The van der Waals surface area contributed by atoms with E-state index in [9.17, 15) is 24.0 Å². The van der Waals surface area contributed by atoms with Gasteiger partial charge < -0.3 is 25.2 Å². The van der Waals surface area contributed by atoms with Crippen molar-refractivity contribution in [3.63, 3.8) is 0 Å². The number of hydrogen-bond acceptors (Lipinski definition) is 6. The van der Waals surface area contributed by atoms with E-state index in [0.717, 1.165) is 16.7 Å². The molecule has 1 aliphatic rings. The number of carbonyl (C=O) groups excluding carboxylic acids is 5. The zero-order valence-electron chi connectivity index (χ0n) is 29.9. The number of ketones is 1. The van der Waals surface area contributed by atoms with E-state index in [-0.39, 0.29) is 48.8 Å². The minimum atomic E-state index is -1.22. The number of Topliss-reactive ketones (excluding diaryl/α,β-unsaturated/α-hetero) is 1. The van der Waals surface area contributed by atoms with Crippen molar-refractivity contribution in [1.29, 1.82) is 0 Å². The van der Waals surface area contributed by atoms with Crippen LogP contribution in [0.2, 0.25) is 0 Å². The number of esters is 1. The highest BCUT2D eigenvalue weighted by atomic mass is 16.5. The molecule has 264 valence electrons. The van der Waals surface area contributed by atoms with Crippen molar-refractivity contribution in [1.82, 2.24) is 5.32 Å². The van der Waals surface area contributed by atoms with Crippen molar-refractivity contribution in [2.24, 2.45) is 5.41 Å². The van der Waals surface area contributed by atoms with Crippen molar-refractivity contribution in [2.75, 3.05) is 28.2 Å². The fraction of sp³-hybridized carbons (Fsp3) is 0.293. The largest absolute Gasteiger partial charge is 0.457 e. The number of aryl methyl sites for hydroxylation is 3. The fourth-order valence-electron chi connectivity index (χ4n) is 5.96. The van der Waals surface area contributed by atoms with Gasteiger partial charge in [0.1, 0.15) is 12.6 Å². The lowest BCUT2D eigenvalue weighted by Crippen LogP contribution is -2.54. The van der Waals surface area contributed by atoms with Gasteiger partial charge in [-0.2, -0.15) is 0 Å². The van der Waals surface area contributed by atoms with Gasteiger partial charge >= 0.3 is 12.0 Å². The molecule has 0 fully saturated rings. The SMILES string of the molecule is Cc1ccc2c(c1)N(CC(=O)c1ccccc1C)C(=O)C(NC(=O)Nc1ccc(C)c(C(=O)OCc3ccccc3)c1)CN2C(=O)CC(C)(C)C. The van der Waals surface area contributed by atoms with Gasteiger partial charge in [-0.15, -0.1) is 0 Å². The van der Waals surface area contributed by atoms with Crippen LogP contribution in [0.4, 0.5) is 21.9 Å². The maximum Gasteiger partial charge on any atom is 0.338 e. The molecule has 0 radical (unpaired) electrons. The van der Waals surface area contributed by atoms with E-state index in [1.807, 2.05) is 83.1 Å². The summed E-state index contributed by atoms with van der Waals surface area (Å²) in [6, 6.07) is 24.8. The van der Waals surface area contributed by atoms with Crippen LogP contribution in [0, 0.1) is 26.2 Å². The summed E-state index contributed by atoms with van der Waals surface area (Å²) in [6.45, 7) is 11.0. The summed E-state index contributed by atoms with van der Waals surface area (Å²) in [5, 5.41) is 5.49.